The maximum absolute atomic E-state index is 12.4. The zero-order chi connectivity index (χ0) is 15.9. The van der Waals surface area contributed by atoms with Gasteiger partial charge in [0.05, 0.1) is 0 Å². The highest BCUT2D eigenvalue weighted by Gasteiger charge is 2.22. The van der Waals surface area contributed by atoms with E-state index < -0.39 is 0 Å². The van der Waals surface area contributed by atoms with Gasteiger partial charge in [-0.1, -0.05) is 60.2 Å². The van der Waals surface area contributed by atoms with Crippen molar-refractivity contribution in [3.8, 4) is 0 Å². The molecular formula is C19H23NO2. The number of hydrogen-bond acceptors (Lipinski definition) is 3. The lowest BCUT2D eigenvalue weighted by molar-refractivity contribution is -0.150. The van der Waals surface area contributed by atoms with Crippen LogP contribution in [0.15, 0.2) is 54.6 Å². The van der Waals surface area contributed by atoms with Crippen LogP contribution in [0.4, 0.5) is 0 Å². The quantitative estimate of drug-likeness (QED) is 0.767. The number of aryl methyl sites for hydroxylation is 1. The van der Waals surface area contributed by atoms with Crippen LogP contribution in [0.3, 0.4) is 0 Å². The van der Waals surface area contributed by atoms with Crippen LogP contribution in [0.2, 0.25) is 0 Å². The van der Waals surface area contributed by atoms with E-state index in [1.54, 1.807) is 0 Å². The van der Waals surface area contributed by atoms with E-state index in [1.807, 2.05) is 61.5 Å². The van der Waals surface area contributed by atoms with E-state index in [-0.39, 0.29) is 12.0 Å². The van der Waals surface area contributed by atoms with Crippen LogP contribution in [0.1, 0.15) is 16.7 Å². The number of rotatable bonds is 6. The van der Waals surface area contributed by atoms with Crippen molar-refractivity contribution >= 4 is 5.97 Å². The molecule has 0 aliphatic rings. The first kappa shape index (κ1) is 16.2. The standard InChI is InChI=1S/C19H23NO2/c1-15-8-7-11-17(12-15)13-18(20(2)3)19(21)22-14-16-9-5-4-6-10-16/h4-12,18H,13-14H2,1-3H3. The molecule has 116 valence electrons. The van der Waals surface area contributed by atoms with Gasteiger partial charge >= 0.3 is 5.97 Å². The predicted octanol–water partition coefficient (Wildman–Crippen LogP) is 3.21. The van der Waals surface area contributed by atoms with E-state index in [0.29, 0.717) is 13.0 Å². The van der Waals surface area contributed by atoms with E-state index in [1.165, 1.54) is 5.56 Å². The Hall–Kier alpha value is -2.13. The van der Waals surface area contributed by atoms with Crippen molar-refractivity contribution in [1.82, 2.24) is 4.90 Å². The number of carbonyl (C=O) groups is 1. The van der Waals surface area contributed by atoms with Crippen molar-refractivity contribution in [2.24, 2.45) is 0 Å². The van der Waals surface area contributed by atoms with Gasteiger partial charge in [-0.2, -0.15) is 0 Å². The number of likely N-dealkylation sites (N-methyl/N-ethyl adjacent to an activating group) is 1. The van der Waals surface area contributed by atoms with E-state index >= 15 is 0 Å². The molecule has 3 nitrogen and oxygen atoms in total. The Bertz CT molecular complexity index is 608. The topological polar surface area (TPSA) is 29.5 Å². The lowest BCUT2D eigenvalue weighted by Crippen LogP contribution is -2.38. The van der Waals surface area contributed by atoms with Crippen LogP contribution in [-0.2, 0) is 22.6 Å². The molecule has 0 saturated carbocycles. The predicted molar refractivity (Wildman–Crippen MR) is 88.6 cm³/mol. The summed E-state index contributed by atoms with van der Waals surface area (Å²) >= 11 is 0. The fourth-order valence-electron chi connectivity index (χ4n) is 2.36. The maximum Gasteiger partial charge on any atom is 0.324 e. The highest BCUT2D eigenvalue weighted by Crippen LogP contribution is 2.12. The molecule has 0 amide bonds. The van der Waals surface area contributed by atoms with Crippen molar-refractivity contribution < 1.29 is 9.53 Å². The number of esters is 1. The molecule has 0 aliphatic carbocycles. The molecule has 3 heteroatoms. The van der Waals surface area contributed by atoms with Crippen molar-refractivity contribution in [2.75, 3.05) is 14.1 Å². The number of nitrogens with zero attached hydrogens (tertiary/aromatic N) is 1. The zero-order valence-electron chi connectivity index (χ0n) is 13.5. The molecule has 0 spiro atoms. The van der Waals surface area contributed by atoms with Crippen molar-refractivity contribution in [2.45, 2.75) is 26.0 Å². The Kier molecular flexibility index (Phi) is 5.73. The Morgan fingerprint density at radius 1 is 1.05 bits per heavy atom. The van der Waals surface area contributed by atoms with Gasteiger partial charge in [-0.3, -0.25) is 9.69 Å². The lowest BCUT2D eigenvalue weighted by Gasteiger charge is -2.23. The summed E-state index contributed by atoms with van der Waals surface area (Å²) < 4.78 is 5.47. The first-order chi connectivity index (χ1) is 10.6. The highest BCUT2D eigenvalue weighted by atomic mass is 16.5. The molecule has 0 heterocycles. The third-order valence-electron chi connectivity index (χ3n) is 3.63. The molecule has 0 aliphatic heterocycles. The largest absolute Gasteiger partial charge is 0.460 e. The monoisotopic (exact) mass is 297 g/mol. The zero-order valence-corrected chi connectivity index (χ0v) is 13.5. The minimum atomic E-state index is -0.273. The van der Waals surface area contributed by atoms with E-state index in [0.717, 1.165) is 11.1 Å². The van der Waals surface area contributed by atoms with Gasteiger partial charge in [0.15, 0.2) is 0 Å². The van der Waals surface area contributed by atoms with Gasteiger partial charge in [-0.05, 0) is 38.6 Å². The van der Waals surface area contributed by atoms with Gasteiger partial charge in [0, 0.05) is 0 Å². The molecule has 0 N–H and O–H groups in total. The molecule has 0 bridgehead atoms. The first-order valence-corrected chi connectivity index (χ1v) is 7.49. The second-order valence-electron chi connectivity index (χ2n) is 5.77. The minimum Gasteiger partial charge on any atom is -0.460 e. The number of carbonyl (C=O) groups excluding carboxylic acids is 1. The summed E-state index contributed by atoms with van der Waals surface area (Å²) in [5, 5.41) is 0. The molecule has 0 saturated heterocycles. The summed E-state index contributed by atoms with van der Waals surface area (Å²) in [6.45, 7) is 2.37. The Morgan fingerprint density at radius 2 is 1.73 bits per heavy atom. The number of hydrogen-bond donors (Lipinski definition) is 0. The summed E-state index contributed by atoms with van der Waals surface area (Å²) in [4.78, 5) is 14.3. The van der Waals surface area contributed by atoms with Crippen molar-refractivity contribution in [3.05, 3.63) is 71.3 Å². The summed E-state index contributed by atoms with van der Waals surface area (Å²) in [6, 6.07) is 17.7. The molecule has 2 aromatic rings. The Labute approximate surface area is 132 Å². The summed E-state index contributed by atoms with van der Waals surface area (Å²) in [5.74, 6) is -0.185. The molecule has 1 unspecified atom stereocenters. The van der Waals surface area contributed by atoms with Crippen molar-refractivity contribution in [1.29, 1.82) is 0 Å². The second kappa shape index (κ2) is 7.76. The van der Waals surface area contributed by atoms with Crippen LogP contribution < -0.4 is 0 Å². The van der Waals surface area contributed by atoms with Crippen LogP contribution in [0.25, 0.3) is 0 Å². The molecule has 22 heavy (non-hydrogen) atoms. The first-order valence-electron chi connectivity index (χ1n) is 7.49. The third kappa shape index (κ3) is 4.71. The number of ether oxygens (including phenoxy) is 1. The lowest BCUT2D eigenvalue weighted by atomic mass is 10.0. The summed E-state index contributed by atoms with van der Waals surface area (Å²) in [6.07, 6.45) is 0.655. The molecule has 0 radical (unpaired) electrons. The highest BCUT2D eigenvalue weighted by molar-refractivity contribution is 5.76. The van der Waals surface area contributed by atoms with E-state index in [4.69, 9.17) is 4.74 Å². The van der Waals surface area contributed by atoms with Crippen LogP contribution in [0, 0.1) is 6.92 Å². The average Bonchev–Trinajstić information content (AvgIpc) is 2.51. The molecule has 0 aromatic heterocycles. The fourth-order valence-corrected chi connectivity index (χ4v) is 2.36. The number of benzene rings is 2. The summed E-state index contributed by atoms with van der Waals surface area (Å²) in [7, 11) is 3.81. The Morgan fingerprint density at radius 3 is 2.36 bits per heavy atom. The van der Waals surface area contributed by atoms with E-state index in [2.05, 4.69) is 19.1 Å². The van der Waals surface area contributed by atoms with Gasteiger partial charge in [-0.15, -0.1) is 0 Å². The SMILES string of the molecule is Cc1cccc(CC(C(=O)OCc2ccccc2)N(C)C)c1. The minimum absolute atomic E-state index is 0.185. The van der Waals surface area contributed by atoms with Crippen molar-refractivity contribution in [3.63, 3.8) is 0 Å². The van der Waals surface area contributed by atoms with Gasteiger partial charge < -0.3 is 4.74 Å². The average molecular weight is 297 g/mol. The van der Waals surface area contributed by atoms with Crippen LogP contribution in [0.5, 0.6) is 0 Å². The maximum atomic E-state index is 12.4. The van der Waals surface area contributed by atoms with E-state index in [9.17, 15) is 4.79 Å². The fraction of sp³-hybridized carbons (Fsp3) is 0.316. The molecule has 2 rings (SSSR count). The molecule has 1 atom stereocenters. The Balaban J connectivity index is 1.99. The smallest absolute Gasteiger partial charge is 0.324 e. The summed E-state index contributed by atoms with van der Waals surface area (Å²) in [5.41, 5.74) is 3.35. The third-order valence-corrected chi connectivity index (χ3v) is 3.63. The van der Waals surface area contributed by atoms with Gasteiger partial charge in [0.2, 0.25) is 0 Å². The molecule has 2 aromatic carbocycles. The second-order valence-corrected chi connectivity index (χ2v) is 5.77. The van der Waals surface area contributed by atoms with Gasteiger partial charge in [0.25, 0.3) is 0 Å². The van der Waals surface area contributed by atoms with Gasteiger partial charge in [0.1, 0.15) is 12.6 Å². The van der Waals surface area contributed by atoms with Crippen LogP contribution in [-0.4, -0.2) is 31.0 Å². The van der Waals surface area contributed by atoms with Crippen LogP contribution >= 0.6 is 0 Å². The molecule has 0 fully saturated rings. The van der Waals surface area contributed by atoms with Gasteiger partial charge in [-0.25, -0.2) is 0 Å². The normalized spacial score (nSPS) is 12.2. The molecular weight excluding hydrogens is 274 g/mol.